The number of benzene rings is 3. The van der Waals surface area contributed by atoms with Crippen LogP contribution in [-0.4, -0.2) is 29.8 Å². The van der Waals surface area contributed by atoms with Gasteiger partial charge < -0.3 is 10.1 Å². The molecule has 0 saturated heterocycles. The minimum absolute atomic E-state index is 0.0270. The van der Waals surface area contributed by atoms with Crippen molar-refractivity contribution >= 4 is 29.3 Å². The molecule has 42 heavy (non-hydrogen) atoms. The molecular weight excluding hydrogens is 546 g/mol. The quantitative estimate of drug-likeness (QED) is 0.179. The molecule has 0 saturated carbocycles. The van der Waals surface area contributed by atoms with Crippen LogP contribution < -0.4 is 5.32 Å². The van der Waals surface area contributed by atoms with Gasteiger partial charge in [-0.25, -0.2) is 0 Å². The highest BCUT2D eigenvalue weighted by atomic mass is 35.5. The number of nitrogens with one attached hydrogen (secondary N) is 1. The van der Waals surface area contributed by atoms with Crippen LogP contribution >= 0.6 is 11.6 Å². The van der Waals surface area contributed by atoms with E-state index in [4.69, 9.17) is 16.3 Å². The largest absolute Gasteiger partial charge is 0.460 e. The number of amides is 1. The molecule has 0 aliphatic rings. The molecule has 0 aliphatic heterocycles. The second-order valence-corrected chi connectivity index (χ2v) is 12.0. The Morgan fingerprint density at radius 3 is 2.12 bits per heavy atom. The molecule has 0 aliphatic carbocycles. The van der Waals surface area contributed by atoms with Gasteiger partial charge in [-0.05, 0) is 88.3 Å². The normalized spacial score (nSPS) is 11.6. The third-order valence-corrected chi connectivity index (χ3v) is 7.20. The summed E-state index contributed by atoms with van der Waals surface area (Å²) in [5.41, 5.74) is 4.87. The number of hydrogen-bond donors (Lipinski definition) is 1. The summed E-state index contributed by atoms with van der Waals surface area (Å²) >= 11 is 6.42. The summed E-state index contributed by atoms with van der Waals surface area (Å²) in [5.74, 6) is -0.530. The Kier molecular flexibility index (Phi) is 14.0. The summed E-state index contributed by atoms with van der Waals surface area (Å²) in [7, 11) is 0. The van der Waals surface area contributed by atoms with Crippen molar-refractivity contribution in [3.8, 4) is 0 Å². The maximum Gasteiger partial charge on any atom is 0.308 e. The lowest BCUT2D eigenvalue weighted by molar-refractivity contribution is -0.154. The van der Waals surface area contributed by atoms with E-state index in [1.165, 1.54) is 5.56 Å². The number of Topliss-reactive ketones (excluding diaryl/α,β-unsaturated/α-hetero) is 1. The van der Waals surface area contributed by atoms with Crippen molar-refractivity contribution in [1.29, 1.82) is 0 Å². The van der Waals surface area contributed by atoms with Gasteiger partial charge in [0.2, 0.25) is 0 Å². The standard InChI is InChI=1S/C28H36ClNO4.C8H10/c1-7-8-22(17-24(31)23-16-18(2)15-19(3)26(23)29)20-9-11-21(12-10-20)27(33)30-14-13-25(32)34-28(4,5)6;1-2-8-6-4-3-5-7-8/h9-12,15-16,22H,7-8,13-14,17H2,1-6H3,(H,30,33);3-7H,2H2,1H3. The average molecular weight is 592 g/mol. The number of halogens is 1. The van der Waals surface area contributed by atoms with Gasteiger partial charge >= 0.3 is 5.97 Å². The molecule has 0 radical (unpaired) electrons. The summed E-state index contributed by atoms with van der Waals surface area (Å²) < 4.78 is 5.25. The highest BCUT2D eigenvalue weighted by Gasteiger charge is 2.20. The Labute approximate surface area is 257 Å². The fourth-order valence-electron chi connectivity index (χ4n) is 4.61. The number of ketones is 1. The van der Waals surface area contributed by atoms with E-state index in [1.54, 1.807) is 32.9 Å². The third kappa shape index (κ3) is 11.8. The molecule has 0 bridgehead atoms. The molecule has 1 N–H and O–H groups in total. The van der Waals surface area contributed by atoms with Crippen LogP contribution in [0.25, 0.3) is 0 Å². The molecule has 3 aromatic rings. The van der Waals surface area contributed by atoms with E-state index < -0.39 is 5.60 Å². The maximum atomic E-state index is 13.1. The van der Waals surface area contributed by atoms with Crippen LogP contribution in [0.15, 0.2) is 66.7 Å². The molecule has 3 aromatic carbocycles. The number of esters is 1. The van der Waals surface area contributed by atoms with Gasteiger partial charge in [0.1, 0.15) is 5.60 Å². The van der Waals surface area contributed by atoms with Crippen molar-refractivity contribution in [2.75, 3.05) is 6.54 Å². The molecule has 0 spiro atoms. The van der Waals surface area contributed by atoms with Crippen LogP contribution in [-0.2, 0) is 16.0 Å². The molecule has 0 heterocycles. The predicted molar refractivity (Wildman–Crippen MR) is 173 cm³/mol. The number of aryl methyl sites for hydroxylation is 3. The summed E-state index contributed by atoms with van der Waals surface area (Å²) in [6.45, 7) is 13.7. The first-order valence-corrected chi connectivity index (χ1v) is 15.2. The minimum atomic E-state index is -0.545. The molecular formula is C36H46ClNO4. The molecule has 1 unspecified atom stereocenters. The zero-order chi connectivity index (χ0) is 31.3. The van der Waals surface area contributed by atoms with E-state index in [0.29, 0.717) is 22.6 Å². The predicted octanol–water partition coefficient (Wildman–Crippen LogP) is 8.82. The lowest BCUT2D eigenvalue weighted by Crippen LogP contribution is -2.29. The van der Waals surface area contributed by atoms with Crippen molar-refractivity contribution < 1.29 is 19.1 Å². The Balaban J connectivity index is 0.000000661. The molecule has 1 amide bonds. The molecule has 0 fully saturated rings. The highest BCUT2D eigenvalue weighted by Crippen LogP contribution is 2.30. The lowest BCUT2D eigenvalue weighted by atomic mass is 9.87. The van der Waals surface area contributed by atoms with Gasteiger partial charge in [0.15, 0.2) is 5.78 Å². The summed E-state index contributed by atoms with van der Waals surface area (Å²) in [6.07, 6.45) is 3.41. The second kappa shape index (κ2) is 16.9. The van der Waals surface area contributed by atoms with E-state index in [2.05, 4.69) is 43.4 Å². The van der Waals surface area contributed by atoms with Gasteiger partial charge in [-0.1, -0.05) is 86.0 Å². The van der Waals surface area contributed by atoms with Crippen LogP contribution in [0.4, 0.5) is 0 Å². The van der Waals surface area contributed by atoms with Crippen molar-refractivity contribution in [2.24, 2.45) is 0 Å². The van der Waals surface area contributed by atoms with Crippen LogP contribution in [0.2, 0.25) is 5.02 Å². The third-order valence-electron chi connectivity index (χ3n) is 6.70. The van der Waals surface area contributed by atoms with Gasteiger partial charge in [0, 0.05) is 24.1 Å². The van der Waals surface area contributed by atoms with Crippen LogP contribution in [0.5, 0.6) is 0 Å². The maximum absolute atomic E-state index is 13.1. The molecule has 1 atom stereocenters. The van der Waals surface area contributed by atoms with Gasteiger partial charge in [-0.3, -0.25) is 14.4 Å². The van der Waals surface area contributed by atoms with Crippen LogP contribution in [0.1, 0.15) is 109 Å². The van der Waals surface area contributed by atoms with E-state index in [-0.39, 0.29) is 36.5 Å². The Morgan fingerprint density at radius 1 is 0.929 bits per heavy atom. The SMILES string of the molecule is CCCC(CC(=O)c1cc(C)cc(C)c1Cl)c1ccc(C(=O)NCCC(=O)OC(C)(C)C)cc1.CCc1ccccc1. The zero-order valence-electron chi connectivity index (χ0n) is 26.2. The Bertz CT molecular complexity index is 1310. The first-order valence-electron chi connectivity index (χ1n) is 14.8. The summed E-state index contributed by atoms with van der Waals surface area (Å²) in [5, 5.41) is 3.27. The number of ether oxygens (including phenoxy) is 1. The fourth-order valence-corrected chi connectivity index (χ4v) is 4.83. The van der Waals surface area contributed by atoms with Crippen molar-refractivity contribution in [3.05, 3.63) is 105 Å². The zero-order valence-corrected chi connectivity index (χ0v) is 26.9. The van der Waals surface area contributed by atoms with Crippen LogP contribution in [0.3, 0.4) is 0 Å². The molecule has 226 valence electrons. The van der Waals surface area contributed by atoms with E-state index in [0.717, 1.165) is 36.0 Å². The van der Waals surface area contributed by atoms with Crippen molar-refractivity contribution in [1.82, 2.24) is 5.32 Å². The number of hydrogen-bond acceptors (Lipinski definition) is 4. The molecule has 6 heteroatoms. The van der Waals surface area contributed by atoms with Gasteiger partial charge in [0.25, 0.3) is 5.91 Å². The molecule has 3 rings (SSSR count). The Morgan fingerprint density at radius 2 is 1.57 bits per heavy atom. The van der Waals surface area contributed by atoms with Crippen molar-refractivity contribution in [2.45, 2.75) is 92.1 Å². The van der Waals surface area contributed by atoms with E-state index >= 15 is 0 Å². The summed E-state index contributed by atoms with van der Waals surface area (Å²) in [4.78, 5) is 37.3. The summed E-state index contributed by atoms with van der Waals surface area (Å²) in [6, 6.07) is 21.6. The van der Waals surface area contributed by atoms with E-state index in [1.807, 2.05) is 44.2 Å². The number of carbonyl (C=O) groups excluding carboxylic acids is 3. The first-order chi connectivity index (χ1) is 19.8. The van der Waals surface area contributed by atoms with Crippen molar-refractivity contribution in [3.63, 3.8) is 0 Å². The average Bonchev–Trinajstić information content (AvgIpc) is 2.94. The monoisotopic (exact) mass is 591 g/mol. The highest BCUT2D eigenvalue weighted by molar-refractivity contribution is 6.34. The molecule has 5 nitrogen and oxygen atoms in total. The van der Waals surface area contributed by atoms with Gasteiger partial charge in [-0.15, -0.1) is 0 Å². The topological polar surface area (TPSA) is 72.5 Å². The van der Waals surface area contributed by atoms with Gasteiger partial charge in [-0.2, -0.15) is 0 Å². The van der Waals surface area contributed by atoms with Gasteiger partial charge in [0.05, 0.1) is 11.4 Å². The smallest absolute Gasteiger partial charge is 0.308 e. The number of rotatable bonds is 11. The van der Waals surface area contributed by atoms with Crippen LogP contribution in [0, 0.1) is 13.8 Å². The molecule has 0 aromatic heterocycles. The lowest BCUT2D eigenvalue weighted by Gasteiger charge is -2.19. The van der Waals surface area contributed by atoms with E-state index in [9.17, 15) is 14.4 Å². The second-order valence-electron chi connectivity index (χ2n) is 11.6. The Hall–Kier alpha value is -3.44. The minimum Gasteiger partial charge on any atom is -0.460 e. The fraction of sp³-hybridized carbons (Fsp3) is 0.417. The first kappa shape index (κ1) is 34.8. The number of carbonyl (C=O) groups is 3.